The van der Waals surface area contributed by atoms with E-state index in [1.807, 2.05) is 10.6 Å². The lowest BCUT2D eigenvalue weighted by molar-refractivity contribution is 0.135. The highest BCUT2D eigenvalue weighted by Gasteiger charge is 2.40. The molecule has 4 heterocycles. The number of imidazole rings is 1. The summed E-state index contributed by atoms with van der Waals surface area (Å²) in [6.07, 6.45) is 10.3. The van der Waals surface area contributed by atoms with Crippen molar-refractivity contribution in [3.63, 3.8) is 0 Å². The Morgan fingerprint density at radius 3 is 2.83 bits per heavy atom. The first-order chi connectivity index (χ1) is 14.0. The van der Waals surface area contributed by atoms with E-state index in [4.69, 9.17) is 16.7 Å². The fourth-order valence-electron chi connectivity index (χ4n) is 4.59. The summed E-state index contributed by atoms with van der Waals surface area (Å²) in [5.41, 5.74) is 13.0. The maximum Gasteiger partial charge on any atom is 0.210 e. The number of piperidine rings is 1. The van der Waals surface area contributed by atoms with Gasteiger partial charge in [0.15, 0.2) is 5.82 Å². The maximum atomic E-state index is 8.92. The summed E-state index contributed by atoms with van der Waals surface area (Å²) in [5, 5.41) is 12.5. The Bertz CT molecular complexity index is 965. The lowest BCUT2D eigenvalue weighted by atomic mass is 9.97. The molecule has 1 unspecified atom stereocenters. The molecule has 2 fully saturated rings. The summed E-state index contributed by atoms with van der Waals surface area (Å²) < 4.78 is 1.93. The number of nitrogens with zero attached hydrogens (tertiary/aromatic N) is 6. The minimum atomic E-state index is 0.309. The molecular formula is C20H27N9. The molecule has 5 N–H and O–H groups in total. The second-order valence-corrected chi connectivity index (χ2v) is 7.86. The van der Waals surface area contributed by atoms with E-state index >= 15 is 0 Å². The van der Waals surface area contributed by atoms with Crippen LogP contribution in [0, 0.1) is 11.3 Å². The van der Waals surface area contributed by atoms with Gasteiger partial charge < -0.3 is 16.8 Å². The Morgan fingerprint density at radius 1 is 1.38 bits per heavy atom. The van der Waals surface area contributed by atoms with Gasteiger partial charge in [-0.1, -0.05) is 0 Å². The number of rotatable bonds is 6. The van der Waals surface area contributed by atoms with Crippen molar-refractivity contribution in [2.45, 2.75) is 57.2 Å². The number of aromatic nitrogens is 3. The maximum absolute atomic E-state index is 8.92. The average molecular weight is 393 g/mol. The zero-order valence-corrected chi connectivity index (χ0v) is 16.6. The Hall–Kier alpha value is -3.12. The van der Waals surface area contributed by atoms with Crippen LogP contribution in [0.3, 0.4) is 0 Å². The van der Waals surface area contributed by atoms with Crippen molar-refractivity contribution < 1.29 is 0 Å². The number of nitriles is 1. The third-order valence-electron chi connectivity index (χ3n) is 5.69. The smallest absolute Gasteiger partial charge is 0.210 e. The van der Waals surface area contributed by atoms with E-state index in [-0.39, 0.29) is 0 Å². The molecule has 2 aromatic heterocycles. The van der Waals surface area contributed by atoms with Gasteiger partial charge in [-0.25, -0.2) is 9.98 Å². The highest BCUT2D eigenvalue weighted by atomic mass is 15.3. The number of fused-ring (bicyclic) bond motifs is 3. The van der Waals surface area contributed by atoms with Crippen molar-refractivity contribution in [3.05, 3.63) is 30.2 Å². The molecule has 0 spiro atoms. The molecule has 2 aliphatic rings. The van der Waals surface area contributed by atoms with Crippen LogP contribution in [0.2, 0.25) is 0 Å². The number of hydrogen-bond donors (Lipinski definition) is 3. The molecule has 2 aromatic rings. The van der Waals surface area contributed by atoms with Crippen molar-refractivity contribution in [2.24, 2.45) is 16.5 Å². The Labute approximate surface area is 170 Å². The third-order valence-corrected chi connectivity index (χ3v) is 5.69. The molecule has 0 amide bonds. The molecule has 0 radical (unpaired) electrons. The fraction of sp³-hybridized carbons (Fsp3) is 0.500. The van der Waals surface area contributed by atoms with Gasteiger partial charge in [-0.3, -0.25) is 9.30 Å². The molecule has 3 atom stereocenters. The number of hydrogen-bond acceptors (Lipinski definition) is 7. The summed E-state index contributed by atoms with van der Waals surface area (Å²) in [5.74, 6) is 1.52. The van der Waals surface area contributed by atoms with Gasteiger partial charge >= 0.3 is 0 Å². The first kappa shape index (κ1) is 19.2. The molecule has 0 aliphatic carbocycles. The summed E-state index contributed by atoms with van der Waals surface area (Å²) in [7, 11) is 0. The Morgan fingerprint density at radius 2 is 2.14 bits per heavy atom. The first-order valence-electron chi connectivity index (χ1n) is 10.0. The normalized spacial score (nSPS) is 25.3. The molecule has 9 nitrogen and oxygen atoms in total. The second-order valence-electron chi connectivity index (χ2n) is 7.86. The molecule has 9 heteroatoms. The molecule has 2 bridgehead atoms. The summed E-state index contributed by atoms with van der Waals surface area (Å²) in [6.45, 7) is 2.64. The zero-order valence-electron chi connectivity index (χ0n) is 16.6. The zero-order chi connectivity index (χ0) is 20.4. The molecule has 152 valence electrons. The van der Waals surface area contributed by atoms with E-state index < -0.39 is 0 Å². The average Bonchev–Trinajstić information content (AvgIpc) is 3.21. The van der Waals surface area contributed by atoms with Crippen molar-refractivity contribution in [3.8, 4) is 6.07 Å². The van der Waals surface area contributed by atoms with Gasteiger partial charge in [-0.15, -0.1) is 0 Å². The highest BCUT2D eigenvalue weighted by molar-refractivity contribution is 5.93. The van der Waals surface area contributed by atoms with Gasteiger partial charge in [-0.2, -0.15) is 10.2 Å². The molecule has 2 saturated heterocycles. The summed E-state index contributed by atoms with van der Waals surface area (Å²) >= 11 is 0. The third kappa shape index (κ3) is 4.17. The molecule has 0 saturated carbocycles. The number of nitrogens with two attached hydrogens (primary N) is 2. The van der Waals surface area contributed by atoms with E-state index in [0.29, 0.717) is 41.9 Å². The van der Waals surface area contributed by atoms with Crippen LogP contribution >= 0.6 is 0 Å². The van der Waals surface area contributed by atoms with E-state index in [1.54, 1.807) is 25.3 Å². The highest BCUT2D eigenvalue weighted by Crippen LogP contribution is 2.36. The van der Waals surface area contributed by atoms with Gasteiger partial charge in [0.25, 0.3) is 0 Å². The van der Waals surface area contributed by atoms with Crippen LogP contribution in [0.25, 0.3) is 5.65 Å². The summed E-state index contributed by atoms with van der Waals surface area (Å²) in [4.78, 5) is 15.9. The van der Waals surface area contributed by atoms with Crippen molar-refractivity contribution in [1.29, 1.82) is 5.26 Å². The van der Waals surface area contributed by atoms with Crippen molar-refractivity contribution in [1.82, 2.24) is 19.3 Å². The van der Waals surface area contributed by atoms with E-state index in [1.165, 1.54) is 12.8 Å². The van der Waals surface area contributed by atoms with Gasteiger partial charge in [0.05, 0.1) is 6.07 Å². The molecule has 0 aromatic carbocycles. The summed E-state index contributed by atoms with van der Waals surface area (Å²) in [6, 6.07) is 5.47. The SMILES string of the molecule is C/C(N)=C/C(N)=Nc1cc2nccn2c(NC2C[C@H]3CC[C@@H](C2)N3CCC#N)n1. The topological polar surface area (TPSA) is 134 Å². The molecule has 2 aliphatic heterocycles. The number of amidine groups is 1. The van der Waals surface area contributed by atoms with Crippen LogP contribution in [-0.2, 0) is 0 Å². The van der Waals surface area contributed by atoms with E-state index in [2.05, 4.69) is 31.2 Å². The molecular weight excluding hydrogens is 366 g/mol. The quantitative estimate of drug-likeness (QED) is 0.504. The van der Waals surface area contributed by atoms with Crippen LogP contribution in [-0.4, -0.2) is 49.8 Å². The number of anilines is 1. The second kappa shape index (κ2) is 8.09. The van der Waals surface area contributed by atoms with Crippen molar-refractivity contribution >= 4 is 23.2 Å². The van der Waals surface area contributed by atoms with Gasteiger partial charge in [0.1, 0.15) is 11.5 Å². The Kier molecular flexibility index (Phi) is 5.36. The van der Waals surface area contributed by atoms with Gasteiger partial charge in [0.2, 0.25) is 5.95 Å². The molecule has 29 heavy (non-hydrogen) atoms. The molecule has 4 rings (SSSR count). The van der Waals surface area contributed by atoms with Crippen molar-refractivity contribution in [2.75, 3.05) is 11.9 Å². The number of aliphatic imine (C=N–C) groups is 1. The Balaban J connectivity index is 1.55. The minimum absolute atomic E-state index is 0.309. The fourth-order valence-corrected chi connectivity index (χ4v) is 4.59. The lowest BCUT2D eigenvalue weighted by Crippen LogP contribution is -2.47. The van der Waals surface area contributed by atoms with E-state index in [9.17, 15) is 0 Å². The van der Waals surface area contributed by atoms with Crippen LogP contribution in [0.15, 0.2) is 35.2 Å². The van der Waals surface area contributed by atoms with Crippen LogP contribution in [0.1, 0.15) is 39.0 Å². The number of allylic oxidation sites excluding steroid dienone is 1. The van der Waals surface area contributed by atoms with Crippen LogP contribution in [0.5, 0.6) is 0 Å². The predicted molar refractivity (Wildman–Crippen MR) is 113 cm³/mol. The number of nitrogens with one attached hydrogen (secondary N) is 1. The predicted octanol–water partition coefficient (Wildman–Crippen LogP) is 1.90. The standard InChI is InChI=1S/C20H27N9/c1-13(22)9-17(23)26-18-12-19-24-6-8-29(19)20(27-18)25-14-10-15-3-4-16(11-14)28(15)7-2-5-21/h6,8-9,12,14-16H,2-4,7,10-11,22H2,1H3,(H2,23,26)(H,25,27)/b13-9-/t14?,15-,16+. The van der Waals surface area contributed by atoms with Gasteiger partial charge in [-0.05, 0) is 38.7 Å². The first-order valence-corrected chi connectivity index (χ1v) is 10.0. The van der Waals surface area contributed by atoms with Gasteiger partial charge in [0, 0.05) is 55.2 Å². The van der Waals surface area contributed by atoms with Crippen LogP contribution < -0.4 is 16.8 Å². The van der Waals surface area contributed by atoms with Crippen LogP contribution in [0.4, 0.5) is 11.8 Å². The largest absolute Gasteiger partial charge is 0.402 e. The lowest BCUT2D eigenvalue weighted by Gasteiger charge is -2.39. The minimum Gasteiger partial charge on any atom is -0.402 e. The monoisotopic (exact) mass is 393 g/mol. The van der Waals surface area contributed by atoms with E-state index in [0.717, 1.165) is 31.0 Å².